The van der Waals surface area contributed by atoms with Crippen molar-refractivity contribution in [2.75, 3.05) is 7.11 Å². The molecular weight excluding hydrogens is 336 g/mol. The number of aromatic nitrogens is 6. The summed E-state index contributed by atoms with van der Waals surface area (Å²) in [6, 6.07) is 1.97. The highest BCUT2D eigenvalue weighted by Gasteiger charge is 2.12. The van der Waals surface area contributed by atoms with Crippen LogP contribution in [0.2, 0.25) is 0 Å². The predicted molar refractivity (Wildman–Crippen MR) is 94.6 cm³/mol. The van der Waals surface area contributed by atoms with Gasteiger partial charge in [0.2, 0.25) is 0 Å². The number of nitrogens with zero attached hydrogens (tertiary/aromatic N) is 6. The first-order valence-corrected chi connectivity index (χ1v) is 8.32. The Hall–Kier alpha value is -3.18. The van der Waals surface area contributed by atoms with Gasteiger partial charge in [-0.05, 0) is 18.9 Å². The van der Waals surface area contributed by atoms with E-state index >= 15 is 0 Å². The van der Waals surface area contributed by atoms with Crippen LogP contribution in [0, 0.1) is 18.8 Å². The van der Waals surface area contributed by atoms with Gasteiger partial charge in [-0.25, -0.2) is 4.52 Å². The van der Waals surface area contributed by atoms with Crippen molar-refractivity contribution in [3.05, 3.63) is 46.4 Å². The summed E-state index contributed by atoms with van der Waals surface area (Å²) in [5, 5.41) is 18.2. The fourth-order valence-corrected chi connectivity index (χ4v) is 3.07. The number of methoxy groups -OCH3 is 1. The molecule has 7 nitrogen and oxygen atoms in total. The molecule has 0 fully saturated rings. The van der Waals surface area contributed by atoms with Gasteiger partial charge in [0.25, 0.3) is 0 Å². The lowest BCUT2D eigenvalue weighted by atomic mass is 10.1. The standard InChI is InChI=1S/C17H14N6OS/c1-11-20-21-16(25-11)5-4-12-7-19-23-10-13(6-15(24-3)17(12)23)14-8-18-22(2)9-14/h6-10H,1-3H3. The van der Waals surface area contributed by atoms with Crippen molar-refractivity contribution in [2.45, 2.75) is 6.92 Å². The third kappa shape index (κ3) is 2.86. The van der Waals surface area contributed by atoms with Crippen LogP contribution in [0.5, 0.6) is 5.75 Å². The van der Waals surface area contributed by atoms with Crippen LogP contribution in [0.3, 0.4) is 0 Å². The fraction of sp³-hybridized carbons (Fsp3) is 0.176. The van der Waals surface area contributed by atoms with Crippen LogP contribution in [-0.2, 0) is 7.05 Å². The lowest BCUT2D eigenvalue weighted by Gasteiger charge is -2.06. The average molecular weight is 350 g/mol. The molecule has 0 atom stereocenters. The molecule has 0 saturated heterocycles. The summed E-state index contributed by atoms with van der Waals surface area (Å²) in [5.41, 5.74) is 3.57. The number of hydrogen-bond donors (Lipinski definition) is 0. The molecule has 4 heterocycles. The average Bonchev–Trinajstić information content (AvgIpc) is 3.32. The van der Waals surface area contributed by atoms with Crippen LogP contribution in [0.1, 0.15) is 15.6 Å². The maximum absolute atomic E-state index is 5.57. The van der Waals surface area contributed by atoms with E-state index in [1.165, 1.54) is 11.3 Å². The molecule has 0 radical (unpaired) electrons. The van der Waals surface area contributed by atoms with E-state index in [0.717, 1.165) is 27.2 Å². The lowest BCUT2D eigenvalue weighted by molar-refractivity contribution is 0.417. The second kappa shape index (κ2) is 6.03. The highest BCUT2D eigenvalue weighted by molar-refractivity contribution is 7.11. The molecule has 0 unspecified atom stereocenters. The Balaban J connectivity index is 1.82. The molecule has 25 heavy (non-hydrogen) atoms. The van der Waals surface area contributed by atoms with Gasteiger partial charge in [-0.15, -0.1) is 10.2 Å². The largest absolute Gasteiger partial charge is 0.494 e. The molecule has 0 N–H and O–H groups in total. The smallest absolute Gasteiger partial charge is 0.191 e. The molecular formula is C17H14N6OS. The number of pyridine rings is 1. The summed E-state index contributed by atoms with van der Waals surface area (Å²) < 4.78 is 9.10. The lowest BCUT2D eigenvalue weighted by Crippen LogP contribution is -1.94. The topological polar surface area (TPSA) is 70.1 Å². The van der Waals surface area contributed by atoms with E-state index in [0.29, 0.717) is 10.8 Å². The van der Waals surface area contributed by atoms with Crippen molar-refractivity contribution in [1.29, 1.82) is 0 Å². The van der Waals surface area contributed by atoms with Crippen LogP contribution in [0.4, 0.5) is 0 Å². The van der Waals surface area contributed by atoms with E-state index in [1.54, 1.807) is 22.5 Å². The molecule has 8 heteroatoms. The van der Waals surface area contributed by atoms with Crippen LogP contribution in [0.15, 0.2) is 30.9 Å². The van der Waals surface area contributed by atoms with Gasteiger partial charge < -0.3 is 4.74 Å². The maximum atomic E-state index is 5.57. The summed E-state index contributed by atoms with van der Waals surface area (Å²) in [6.45, 7) is 1.90. The van der Waals surface area contributed by atoms with Gasteiger partial charge in [-0.1, -0.05) is 17.3 Å². The van der Waals surface area contributed by atoms with Gasteiger partial charge in [-0.3, -0.25) is 4.68 Å². The monoisotopic (exact) mass is 350 g/mol. The molecule has 124 valence electrons. The zero-order chi connectivity index (χ0) is 17.4. The molecule has 4 rings (SSSR count). The van der Waals surface area contributed by atoms with Gasteiger partial charge >= 0.3 is 0 Å². The Morgan fingerprint density at radius 2 is 1.96 bits per heavy atom. The molecule has 0 bridgehead atoms. The third-order valence-corrected chi connectivity index (χ3v) is 4.42. The van der Waals surface area contributed by atoms with Crippen molar-refractivity contribution >= 4 is 16.9 Å². The van der Waals surface area contributed by atoms with Crippen molar-refractivity contribution in [3.63, 3.8) is 0 Å². The molecule has 4 aromatic rings. The van der Waals surface area contributed by atoms with Crippen LogP contribution in [0.25, 0.3) is 16.6 Å². The first kappa shape index (κ1) is 15.4. The van der Waals surface area contributed by atoms with E-state index in [1.807, 2.05) is 38.6 Å². The molecule has 0 aliphatic rings. The van der Waals surface area contributed by atoms with Crippen molar-refractivity contribution in [1.82, 2.24) is 29.6 Å². The summed E-state index contributed by atoms with van der Waals surface area (Å²) in [5.74, 6) is 6.85. The van der Waals surface area contributed by atoms with Gasteiger partial charge in [0.1, 0.15) is 16.3 Å². The molecule has 0 aliphatic heterocycles. The molecule has 0 spiro atoms. The zero-order valence-electron chi connectivity index (χ0n) is 13.9. The minimum atomic E-state index is 0.683. The SMILES string of the molecule is COc1cc(-c2cnn(C)c2)cn2ncc(C#Cc3nnc(C)s3)c12. The van der Waals surface area contributed by atoms with E-state index in [9.17, 15) is 0 Å². The normalized spacial score (nSPS) is 10.7. The van der Waals surface area contributed by atoms with Crippen LogP contribution < -0.4 is 4.74 Å². The van der Waals surface area contributed by atoms with Gasteiger partial charge in [0.05, 0.1) is 25.1 Å². The molecule has 0 amide bonds. The minimum Gasteiger partial charge on any atom is -0.494 e. The number of ether oxygens (including phenoxy) is 1. The maximum Gasteiger partial charge on any atom is 0.191 e. The Labute approximate surface area is 147 Å². The summed E-state index contributed by atoms with van der Waals surface area (Å²) >= 11 is 1.46. The quantitative estimate of drug-likeness (QED) is 0.519. The van der Waals surface area contributed by atoms with Crippen molar-refractivity contribution in [3.8, 4) is 28.7 Å². The van der Waals surface area contributed by atoms with Crippen LogP contribution in [-0.4, -0.2) is 36.7 Å². The summed E-state index contributed by atoms with van der Waals surface area (Å²) in [6.07, 6.45) is 7.42. The first-order valence-electron chi connectivity index (χ1n) is 7.50. The van der Waals surface area contributed by atoms with Gasteiger partial charge in [0.15, 0.2) is 5.01 Å². The van der Waals surface area contributed by atoms with Gasteiger partial charge in [-0.2, -0.15) is 10.2 Å². The van der Waals surface area contributed by atoms with Crippen LogP contribution >= 0.6 is 11.3 Å². The third-order valence-electron chi connectivity index (χ3n) is 3.67. The second-order valence-corrected chi connectivity index (χ2v) is 6.61. The molecule has 0 saturated carbocycles. The predicted octanol–water partition coefficient (Wildman–Crippen LogP) is 2.30. The Kier molecular flexibility index (Phi) is 3.71. The Morgan fingerprint density at radius 3 is 2.64 bits per heavy atom. The Bertz CT molecular complexity index is 1130. The first-order chi connectivity index (χ1) is 12.1. The number of aryl methyl sites for hydroxylation is 2. The van der Waals surface area contributed by atoms with Gasteiger partial charge in [0, 0.05) is 30.6 Å². The molecule has 0 aromatic carbocycles. The fourth-order valence-electron chi connectivity index (χ4n) is 2.53. The molecule has 0 aliphatic carbocycles. The van der Waals surface area contributed by atoms with Crippen molar-refractivity contribution in [2.24, 2.45) is 7.05 Å². The number of rotatable bonds is 2. The van der Waals surface area contributed by atoms with E-state index < -0.39 is 0 Å². The second-order valence-electron chi connectivity index (χ2n) is 5.43. The zero-order valence-corrected chi connectivity index (χ0v) is 14.7. The summed E-state index contributed by atoms with van der Waals surface area (Å²) in [7, 11) is 3.52. The number of fused-ring (bicyclic) bond motifs is 1. The minimum absolute atomic E-state index is 0.683. The highest BCUT2D eigenvalue weighted by atomic mass is 32.1. The highest BCUT2D eigenvalue weighted by Crippen LogP contribution is 2.29. The van der Waals surface area contributed by atoms with E-state index in [-0.39, 0.29) is 0 Å². The summed E-state index contributed by atoms with van der Waals surface area (Å²) in [4.78, 5) is 0. The number of hydrogen-bond acceptors (Lipinski definition) is 6. The van der Waals surface area contributed by atoms with E-state index in [4.69, 9.17) is 4.74 Å². The van der Waals surface area contributed by atoms with E-state index in [2.05, 4.69) is 32.2 Å². The van der Waals surface area contributed by atoms with Crippen molar-refractivity contribution < 1.29 is 4.74 Å². The molecule has 4 aromatic heterocycles. The Morgan fingerprint density at radius 1 is 1.08 bits per heavy atom.